The Balaban J connectivity index is 1.37. The number of hydrogen-bond acceptors (Lipinski definition) is 4. The molecule has 27 heavy (non-hydrogen) atoms. The second-order valence-corrected chi connectivity index (χ2v) is 6.64. The number of hydrogen-bond donors (Lipinski definition) is 1. The number of nitrogens with one attached hydrogen (secondary N) is 1. The standard InChI is InChI=1S/C21H25FN2O3/c1-26-18-5-7-19(8-6-18)27-20-9-12-24(13-10-20)14-11-21(25)23-17-4-2-3-16(22)15-17/h2-8,15,20H,9-14H2,1H3,(H,23,25). The number of anilines is 1. The zero-order valence-electron chi connectivity index (χ0n) is 15.5. The predicted octanol–water partition coefficient (Wildman–Crippen LogP) is 3.71. The van der Waals surface area contributed by atoms with Crippen LogP contribution in [0.25, 0.3) is 0 Å². The van der Waals surface area contributed by atoms with Gasteiger partial charge >= 0.3 is 0 Å². The van der Waals surface area contributed by atoms with E-state index in [1.54, 1.807) is 19.2 Å². The first-order valence-corrected chi connectivity index (χ1v) is 9.21. The molecule has 1 saturated heterocycles. The summed E-state index contributed by atoms with van der Waals surface area (Å²) in [5.41, 5.74) is 0.492. The molecule has 1 amide bonds. The average molecular weight is 372 g/mol. The van der Waals surface area contributed by atoms with Gasteiger partial charge in [0.1, 0.15) is 23.4 Å². The van der Waals surface area contributed by atoms with E-state index in [0.717, 1.165) is 37.4 Å². The third kappa shape index (κ3) is 5.96. The highest BCUT2D eigenvalue weighted by atomic mass is 19.1. The molecule has 1 N–H and O–H groups in total. The van der Waals surface area contributed by atoms with Gasteiger partial charge in [-0.25, -0.2) is 4.39 Å². The molecule has 0 aromatic heterocycles. The Labute approximate surface area is 159 Å². The van der Waals surface area contributed by atoms with Gasteiger partial charge in [0.15, 0.2) is 0 Å². The number of amides is 1. The van der Waals surface area contributed by atoms with Crippen LogP contribution in [0.1, 0.15) is 19.3 Å². The monoisotopic (exact) mass is 372 g/mol. The first kappa shape index (κ1) is 19.2. The number of carbonyl (C=O) groups excluding carboxylic acids is 1. The van der Waals surface area contributed by atoms with Gasteiger partial charge in [0.25, 0.3) is 0 Å². The molecule has 2 aromatic rings. The van der Waals surface area contributed by atoms with Crippen molar-refractivity contribution in [2.75, 3.05) is 32.1 Å². The van der Waals surface area contributed by atoms with Crippen LogP contribution in [-0.4, -0.2) is 43.7 Å². The van der Waals surface area contributed by atoms with Gasteiger partial charge in [-0.1, -0.05) is 6.07 Å². The van der Waals surface area contributed by atoms with Crippen LogP contribution in [0.4, 0.5) is 10.1 Å². The summed E-state index contributed by atoms with van der Waals surface area (Å²) in [5.74, 6) is 1.21. The SMILES string of the molecule is COc1ccc(OC2CCN(CCC(=O)Nc3cccc(F)c3)CC2)cc1. The summed E-state index contributed by atoms with van der Waals surface area (Å²) in [4.78, 5) is 14.3. The molecule has 2 aromatic carbocycles. The quantitative estimate of drug-likeness (QED) is 0.805. The van der Waals surface area contributed by atoms with Gasteiger partial charge in [-0.2, -0.15) is 0 Å². The Morgan fingerprint density at radius 2 is 1.85 bits per heavy atom. The lowest BCUT2D eigenvalue weighted by atomic mass is 10.1. The lowest BCUT2D eigenvalue weighted by Gasteiger charge is -2.32. The van der Waals surface area contributed by atoms with Gasteiger partial charge in [-0.3, -0.25) is 4.79 Å². The maximum absolute atomic E-state index is 13.1. The predicted molar refractivity (Wildman–Crippen MR) is 103 cm³/mol. The van der Waals surface area contributed by atoms with E-state index >= 15 is 0 Å². The Bertz CT molecular complexity index is 743. The summed E-state index contributed by atoms with van der Waals surface area (Å²) in [5, 5.41) is 2.73. The van der Waals surface area contributed by atoms with Crippen molar-refractivity contribution < 1.29 is 18.7 Å². The van der Waals surface area contributed by atoms with Crippen molar-refractivity contribution in [3.05, 3.63) is 54.3 Å². The third-order valence-corrected chi connectivity index (χ3v) is 4.66. The lowest BCUT2D eigenvalue weighted by molar-refractivity contribution is -0.116. The van der Waals surface area contributed by atoms with E-state index in [9.17, 15) is 9.18 Å². The summed E-state index contributed by atoms with van der Waals surface area (Å²) in [6.07, 6.45) is 2.44. The molecule has 1 aliphatic rings. The summed E-state index contributed by atoms with van der Waals surface area (Å²) < 4.78 is 24.3. The average Bonchev–Trinajstić information content (AvgIpc) is 2.68. The molecule has 3 rings (SSSR count). The van der Waals surface area contributed by atoms with Gasteiger partial charge in [0.2, 0.25) is 5.91 Å². The van der Waals surface area contributed by atoms with Crippen LogP contribution in [0.3, 0.4) is 0 Å². The molecule has 0 aliphatic carbocycles. The zero-order valence-corrected chi connectivity index (χ0v) is 15.5. The number of methoxy groups -OCH3 is 1. The van der Waals surface area contributed by atoms with E-state index in [-0.39, 0.29) is 17.8 Å². The molecule has 6 heteroatoms. The smallest absolute Gasteiger partial charge is 0.225 e. The van der Waals surface area contributed by atoms with Crippen molar-refractivity contribution in [2.45, 2.75) is 25.4 Å². The number of rotatable bonds is 7. The van der Waals surface area contributed by atoms with Crippen LogP contribution >= 0.6 is 0 Å². The third-order valence-electron chi connectivity index (χ3n) is 4.66. The van der Waals surface area contributed by atoms with Gasteiger partial charge < -0.3 is 19.7 Å². The molecule has 144 valence electrons. The fourth-order valence-corrected chi connectivity index (χ4v) is 3.15. The van der Waals surface area contributed by atoms with Crippen LogP contribution < -0.4 is 14.8 Å². The fraction of sp³-hybridized carbons (Fsp3) is 0.381. The van der Waals surface area contributed by atoms with E-state index in [1.165, 1.54) is 12.1 Å². The maximum Gasteiger partial charge on any atom is 0.225 e. The first-order chi connectivity index (χ1) is 13.1. The number of ether oxygens (including phenoxy) is 2. The summed E-state index contributed by atoms with van der Waals surface area (Å²) in [6.45, 7) is 2.48. The minimum absolute atomic E-state index is 0.0998. The lowest BCUT2D eigenvalue weighted by Crippen LogP contribution is -2.39. The highest BCUT2D eigenvalue weighted by Gasteiger charge is 2.21. The Kier molecular flexibility index (Phi) is 6.65. The van der Waals surface area contributed by atoms with Gasteiger partial charge in [-0.15, -0.1) is 0 Å². The van der Waals surface area contributed by atoms with Crippen molar-refractivity contribution >= 4 is 11.6 Å². The van der Waals surface area contributed by atoms with Crippen molar-refractivity contribution in [3.63, 3.8) is 0 Å². The Morgan fingerprint density at radius 3 is 2.52 bits per heavy atom. The largest absolute Gasteiger partial charge is 0.497 e. The van der Waals surface area contributed by atoms with E-state index < -0.39 is 0 Å². The minimum Gasteiger partial charge on any atom is -0.497 e. The molecule has 1 heterocycles. The van der Waals surface area contributed by atoms with Crippen LogP contribution in [0.5, 0.6) is 11.5 Å². The fourth-order valence-electron chi connectivity index (χ4n) is 3.15. The highest BCUT2D eigenvalue weighted by Crippen LogP contribution is 2.22. The minimum atomic E-state index is -0.355. The second kappa shape index (κ2) is 9.37. The molecule has 5 nitrogen and oxygen atoms in total. The van der Waals surface area contributed by atoms with E-state index in [0.29, 0.717) is 18.7 Å². The van der Waals surface area contributed by atoms with Crippen LogP contribution in [-0.2, 0) is 4.79 Å². The van der Waals surface area contributed by atoms with Gasteiger partial charge in [-0.05, 0) is 55.3 Å². The molecular formula is C21H25FN2O3. The van der Waals surface area contributed by atoms with E-state index in [2.05, 4.69) is 10.2 Å². The number of carbonyl (C=O) groups is 1. The summed E-state index contributed by atoms with van der Waals surface area (Å²) >= 11 is 0. The van der Waals surface area contributed by atoms with Crippen molar-refractivity contribution in [3.8, 4) is 11.5 Å². The van der Waals surface area contributed by atoms with Crippen molar-refractivity contribution in [2.24, 2.45) is 0 Å². The Hall–Kier alpha value is -2.60. The van der Waals surface area contributed by atoms with Crippen LogP contribution in [0.15, 0.2) is 48.5 Å². The van der Waals surface area contributed by atoms with E-state index in [4.69, 9.17) is 9.47 Å². The number of nitrogens with zero attached hydrogens (tertiary/aromatic N) is 1. The summed E-state index contributed by atoms with van der Waals surface area (Å²) in [7, 11) is 1.64. The van der Waals surface area contributed by atoms with E-state index in [1.807, 2.05) is 24.3 Å². The van der Waals surface area contributed by atoms with Gasteiger partial charge in [0, 0.05) is 31.7 Å². The molecule has 0 bridgehead atoms. The normalized spacial score (nSPS) is 15.3. The topological polar surface area (TPSA) is 50.8 Å². The molecule has 0 radical (unpaired) electrons. The van der Waals surface area contributed by atoms with Crippen molar-refractivity contribution in [1.82, 2.24) is 4.90 Å². The number of benzene rings is 2. The van der Waals surface area contributed by atoms with Crippen LogP contribution in [0, 0.1) is 5.82 Å². The molecule has 0 atom stereocenters. The number of halogens is 1. The zero-order chi connectivity index (χ0) is 19.1. The molecule has 1 aliphatic heterocycles. The molecular weight excluding hydrogens is 347 g/mol. The molecule has 1 fully saturated rings. The highest BCUT2D eigenvalue weighted by molar-refractivity contribution is 5.90. The maximum atomic E-state index is 13.1. The van der Waals surface area contributed by atoms with Gasteiger partial charge in [0.05, 0.1) is 7.11 Å². The molecule has 0 spiro atoms. The first-order valence-electron chi connectivity index (χ1n) is 9.21. The number of likely N-dealkylation sites (tertiary alicyclic amines) is 1. The van der Waals surface area contributed by atoms with Crippen LogP contribution in [0.2, 0.25) is 0 Å². The molecule has 0 unspecified atom stereocenters. The molecule has 0 saturated carbocycles. The second-order valence-electron chi connectivity index (χ2n) is 6.64. The number of piperidine rings is 1. The Morgan fingerprint density at radius 1 is 1.15 bits per heavy atom. The summed E-state index contributed by atoms with van der Waals surface area (Å²) in [6, 6.07) is 13.6. The van der Waals surface area contributed by atoms with Crippen molar-refractivity contribution in [1.29, 1.82) is 0 Å².